The number of amides is 2. The number of thiophene rings is 1. The number of nitrogens with zero attached hydrogens (tertiary/aromatic N) is 3. The van der Waals surface area contributed by atoms with E-state index in [4.69, 9.17) is 0 Å². The van der Waals surface area contributed by atoms with Crippen LogP contribution in [0.25, 0.3) is 10.6 Å². The lowest BCUT2D eigenvalue weighted by atomic mass is 10.2. The predicted molar refractivity (Wildman–Crippen MR) is 128 cm³/mol. The molecular formula is C23H23N5O2S2. The van der Waals surface area contributed by atoms with Crippen LogP contribution in [0.1, 0.15) is 38.3 Å². The van der Waals surface area contributed by atoms with Gasteiger partial charge in [-0.3, -0.25) is 19.6 Å². The zero-order valence-corrected chi connectivity index (χ0v) is 19.6. The number of hydrogen-bond donors (Lipinski definition) is 2. The second kappa shape index (κ2) is 9.46. The Morgan fingerprint density at radius 3 is 2.59 bits per heavy atom. The Labute approximate surface area is 194 Å². The van der Waals surface area contributed by atoms with Crippen LogP contribution in [-0.2, 0) is 17.9 Å². The molecule has 4 rings (SSSR count). The molecule has 3 heterocycles. The van der Waals surface area contributed by atoms with Crippen LogP contribution in [-0.4, -0.2) is 26.6 Å². The predicted octanol–water partition coefficient (Wildman–Crippen LogP) is 4.62. The molecule has 7 nitrogen and oxygen atoms in total. The molecule has 0 fully saturated rings. The third kappa shape index (κ3) is 4.95. The summed E-state index contributed by atoms with van der Waals surface area (Å²) in [4.78, 5) is 31.7. The van der Waals surface area contributed by atoms with Gasteiger partial charge >= 0.3 is 0 Å². The summed E-state index contributed by atoms with van der Waals surface area (Å²) >= 11 is 3.02. The van der Waals surface area contributed by atoms with Gasteiger partial charge in [-0.25, -0.2) is 4.98 Å². The third-order valence-electron chi connectivity index (χ3n) is 4.95. The molecule has 2 amide bonds. The van der Waals surface area contributed by atoms with Crippen molar-refractivity contribution in [2.75, 3.05) is 5.32 Å². The topological polar surface area (TPSA) is 88.9 Å². The lowest BCUT2D eigenvalue weighted by Gasteiger charge is -2.05. The van der Waals surface area contributed by atoms with E-state index in [9.17, 15) is 9.59 Å². The first-order chi connectivity index (χ1) is 15.4. The fourth-order valence-corrected chi connectivity index (χ4v) is 5.12. The zero-order valence-electron chi connectivity index (χ0n) is 18.0. The van der Waals surface area contributed by atoms with E-state index in [2.05, 4.69) is 20.7 Å². The van der Waals surface area contributed by atoms with E-state index in [1.165, 1.54) is 18.3 Å². The molecule has 164 valence electrons. The molecule has 0 aliphatic heterocycles. The Bertz CT molecular complexity index is 1260. The first-order valence-corrected chi connectivity index (χ1v) is 11.7. The molecule has 0 aliphatic rings. The lowest BCUT2D eigenvalue weighted by molar-refractivity contribution is -0.119. The minimum atomic E-state index is -0.223. The van der Waals surface area contributed by atoms with Crippen molar-refractivity contribution in [1.29, 1.82) is 0 Å². The van der Waals surface area contributed by atoms with Gasteiger partial charge in [0.15, 0.2) is 5.13 Å². The Morgan fingerprint density at radius 1 is 1.06 bits per heavy atom. The van der Waals surface area contributed by atoms with Gasteiger partial charge in [0.25, 0.3) is 5.91 Å². The first-order valence-electron chi connectivity index (χ1n) is 10.1. The fourth-order valence-electron chi connectivity index (χ4n) is 3.24. The standard InChI is InChI=1S/C23H23N5O2S2/c1-14-19(12-25-28(14)13-17-7-5-4-6-8-17)22(30)27-23-26-21(15(2)31-23)20-10-9-18(32-20)11-24-16(3)29/h4-10,12H,11,13H2,1-3H3,(H,24,29)(H,26,27,30). The number of thiazole rings is 1. The van der Waals surface area contributed by atoms with Gasteiger partial charge in [0.05, 0.1) is 35.4 Å². The summed E-state index contributed by atoms with van der Waals surface area (Å²) in [7, 11) is 0. The summed E-state index contributed by atoms with van der Waals surface area (Å²) < 4.78 is 1.82. The van der Waals surface area contributed by atoms with Crippen LogP contribution < -0.4 is 10.6 Å². The number of nitrogens with one attached hydrogen (secondary N) is 2. The fraction of sp³-hybridized carbons (Fsp3) is 0.217. The van der Waals surface area contributed by atoms with E-state index in [0.29, 0.717) is 23.8 Å². The maximum atomic E-state index is 12.9. The van der Waals surface area contributed by atoms with Gasteiger partial charge in [-0.15, -0.1) is 22.7 Å². The van der Waals surface area contributed by atoms with E-state index in [1.807, 2.05) is 61.0 Å². The molecule has 0 aliphatic carbocycles. The molecule has 1 aromatic carbocycles. The highest BCUT2D eigenvalue weighted by atomic mass is 32.1. The number of carbonyl (C=O) groups excluding carboxylic acids is 2. The number of benzene rings is 1. The number of hydrogen-bond acceptors (Lipinski definition) is 6. The van der Waals surface area contributed by atoms with Gasteiger partial charge in [0, 0.05) is 22.4 Å². The molecule has 0 radical (unpaired) electrons. The van der Waals surface area contributed by atoms with Crippen molar-refractivity contribution in [1.82, 2.24) is 20.1 Å². The third-order valence-corrected chi connectivity index (χ3v) is 6.92. The van der Waals surface area contributed by atoms with Crippen LogP contribution in [0.2, 0.25) is 0 Å². The normalized spacial score (nSPS) is 10.8. The van der Waals surface area contributed by atoms with Crippen LogP contribution in [0, 0.1) is 13.8 Å². The maximum Gasteiger partial charge on any atom is 0.260 e. The van der Waals surface area contributed by atoms with Crippen LogP contribution in [0.4, 0.5) is 5.13 Å². The van der Waals surface area contributed by atoms with E-state index in [1.54, 1.807) is 17.5 Å². The SMILES string of the molecule is CC(=O)NCc1ccc(-c2nc(NC(=O)c3cnn(Cc4ccccc4)c3C)sc2C)s1. The van der Waals surface area contributed by atoms with Crippen LogP contribution in [0.15, 0.2) is 48.7 Å². The van der Waals surface area contributed by atoms with Crippen LogP contribution in [0.3, 0.4) is 0 Å². The molecule has 0 spiro atoms. The Kier molecular flexibility index (Phi) is 6.48. The lowest BCUT2D eigenvalue weighted by Crippen LogP contribution is -2.17. The van der Waals surface area contributed by atoms with Crippen molar-refractivity contribution in [2.45, 2.75) is 33.9 Å². The highest BCUT2D eigenvalue weighted by molar-refractivity contribution is 7.18. The Balaban J connectivity index is 1.46. The van der Waals surface area contributed by atoms with Crippen LogP contribution >= 0.6 is 22.7 Å². The van der Waals surface area contributed by atoms with Gasteiger partial charge < -0.3 is 5.32 Å². The van der Waals surface area contributed by atoms with Crippen molar-refractivity contribution < 1.29 is 9.59 Å². The van der Waals surface area contributed by atoms with E-state index < -0.39 is 0 Å². The van der Waals surface area contributed by atoms with Gasteiger partial charge in [0.1, 0.15) is 0 Å². The smallest absolute Gasteiger partial charge is 0.260 e. The van der Waals surface area contributed by atoms with Gasteiger partial charge in [-0.1, -0.05) is 30.3 Å². The quantitative estimate of drug-likeness (QED) is 0.417. The first kappa shape index (κ1) is 21.9. The molecule has 0 atom stereocenters. The molecule has 0 saturated carbocycles. The average molecular weight is 466 g/mol. The Morgan fingerprint density at radius 2 is 1.84 bits per heavy atom. The molecule has 3 aromatic heterocycles. The van der Waals surface area contributed by atoms with E-state index >= 15 is 0 Å². The molecule has 32 heavy (non-hydrogen) atoms. The van der Waals surface area contributed by atoms with Crippen molar-refractivity contribution >= 4 is 39.6 Å². The molecule has 0 unspecified atom stereocenters. The number of aromatic nitrogens is 3. The molecular weight excluding hydrogens is 442 g/mol. The van der Waals surface area contributed by atoms with E-state index in [-0.39, 0.29) is 11.8 Å². The summed E-state index contributed by atoms with van der Waals surface area (Å²) in [6, 6.07) is 14.0. The highest BCUT2D eigenvalue weighted by Gasteiger charge is 2.18. The second-order valence-corrected chi connectivity index (χ2v) is 9.71. The summed E-state index contributed by atoms with van der Waals surface area (Å²) in [5.74, 6) is -0.281. The number of carbonyl (C=O) groups is 2. The summed E-state index contributed by atoms with van der Waals surface area (Å²) in [5, 5.41) is 10.7. The minimum Gasteiger partial charge on any atom is -0.351 e. The maximum absolute atomic E-state index is 12.9. The molecule has 0 bridgehead atoms. The zero-order chi connectivity index (χ0) is 22.7. The average Bonchev–Trinajstić information content (AvgIpc) is 3.47. The summed E-state index contributed by atoms with van der Waals surface area (Å²) in [6.45, 7) is 6.49. The van der Waals surface area contributed by atoms with Gasteiger partial charge in [-0.2, -0.15) is 5.10 Å². The molecule has 9 heteroatoms. The molecule has 2 N–H and O–H groups in total. The second-order valence-electron chi connectivity index (χ2n) is 7.34. The monoisotopic (exact) mass is 465 g/mol. The number of rotatable bonds is 7. The number of anilines is 1. The van der Waals surface area contributed by atoms with Gasteiger partial charge in [-0.05, 0) is 31.5 Å². The largest absolute Gasteiger partial charge is 0.351 e. The van der Waals surface area contributed by atoms with Crippen molar-refractivity contribution in [2.24, 2.45) is 0 Å². The van der Waals surface area contributed by atoms with Gasteiger partial charge in [0.2, 0.25) is 5.91 Å². The van der Waals surface area contributed by atoms with Crippen molar-refractivity contribution in [3.05, 3.63) is 75.2 Å². The van der Waals surface area contributed by atoms with Crippen molar-refractivity contribution in [3.63, 3.8) is 0 Å². The Hall–Kier alpha value is -3.30. The summed E-state index contributed by atoms with van der Waals surface area (Å²) in [6.07, 6.45) is 1.60. The highest BCUT2D eigenvalue weighted by Crippen LogP contribution is 2.35. The molecule has 4 aromatic rings. The minimum absolute atomic E-state index is 0.0582. The number of aryl methyl sites for hydroxylation is 1. The molecule has 0 saturated heterocycles. The summed E-state index contributed by atoms with van der Waals surface area (Å²) in [5.41, 5.74) is 3.31. The van der Waals surface area contributed by atoms with E-state index in [0.717, 1.165) is 31.6 Å². The van der Waals surface area contributed by atoms with Crippen LogP contribution in [0.5, 0.6) is 0 Å². The van der Waals surface area contributed by atoms with Crippen molar-refractivity contribution in [3.8, 4) is 10.6 Å².